The monoisotopic (exact) mass is 420 g/mol. The number of likely N-dealkylation sites (tertiary alicyclic amines) is 1. The first-order valence-corrected chi connectivity index (χ1v) is 10.7. The van der Waals surface area contributed by atoms with Crippen molar-refractivity contribution in [3.05, 3.63) is 70.2 Å². The van der Waals surface area contributed by atoms with E-state index in [2.05, 4.69) is 15.2 Å². The second-order valence-electron chi connectivity index (χ2n) is 7.38. The molecular formula is C21H20N6O2S. The molecular weight excluding hydrogens is 400 g/mol. The van der Waals surface area contributed by atoms with Gasteiger partial charge in [0.15, 0.2) is 10.8 Å². The van der Waals surface area contributed by atoms with E-state index in [-0.39, 0.29) is 11.5 Å². The Morgan fingerprint density at radius 2 is 1.93 bits per heavy atom. The van der Waals surface area contributed by atoms with Crippen LogP contribution in [-0.2, 0) is 6.54 Å². The van der Waals surface area contributed by atoms with E-state index in [0.717, 1.165) is 23.1 Å². The molecule has 1 aromatic carbocycles. The van der Waals surface area contributed by atoms with Crippen molar-refractivity contribution in [1.82, 2.24) is 29.4 Å². The van der Waals surface area contributed by atoms with Gasteiger partial charge in [-0.25, -0.2) is 14.3 Å². The van der Waals surface area contributed by atoms with Gasteiger partial charge < -0.3 is 4.90 Å². The van der Waals surface area contributed by atoms with Gasteiger partial charge in [0.2, 0.25) is 0 Å². The fourth-order valence-electron chi connectivity index (χ4n) is 3.76. The molecule has 1 saturated heterocycles. The van der Waals surface area contributed by atoms with Crippen LogP contribution in [0.1, 0.15) is 22.6 Å². The third-order valence-corrected chi connectivity index (χ3v) is 6.43. The topological polar surface area (TPSA) is 85.9 Å². The zero-order valence-electron chi connectivity index (χ0n) is 16.2. The molecule has 9 heteroatoms. The van der Waals surface area contributed by atoms with Gasteiger partial charge in [-0.3, -0.25) is 9.59 Å². The molecule has 0 spiro atoms. The number of fused-ring (bicyclic) bond motifs is 1. The Bertz CT molecular complexity index is 1200. The Hall–Kier alpha value is -3.33. The van der Waals surface area contributed by atoms with E-state index >= 15 is 0 Å². The number of nitrogens with zero attached hydrogens (tertiary/aromatic N) is 6. The molecule has 0 bridgehead atoms. The second-order valence-corrected chi connectivity index (χ2v) is 8.42. The van der Waals surface area contributed by atoms with E-state index in [4.69, 9.17) is 0 Å². The van der Waals surface area contributed by atoms with Crippen LogP contribution < -0.4 is 5.56 Å². The summed E-state index contributed by atoms with van der Waals surface area (Å²) in [6.45, 7) is 1.86. The first kappa shape index (κ1) is 18.7. The summed E-state index contributed by atoms with van der Waals surface area (Å²) in [4.78, 5) is 31.5. The van der Waals surface area contributed by atoms with Gasteiger partial charge in [0, 0.05) is 38.1 Å². The number of carbonyl (C=O) groups excluding carboxylic acids is 1. The summed E-state index contributed by atoms with van der Waals surface area (Å²) < 4.78 is 4.17. The van der Waals surface area contributed by atoms with E-state index in [0.29, 0.717) is 36.4 Å². The maximum atomic E-state index is 12.9. The highest BCUT2D eigenvalue weighted by Gasteiger charge is 2.26. The quantitative estimate of drug-likeness (QED) is 0.507. The van der Waals surface area contributed by atoms with Crippen molar-refractivity contribution in [2.75, 3.05) is 13.1 Å². The first-order valence-electron chi connectivity index (χ1n) is 9.90. The third-order valence-electron chi connectivity index (χ3n) is 5.40. The number of amides is 1. The van der Waals surface area contributed by atoms with Gasteiger partial charge in [-0.1, -0.05) is 12.1 Å². The van der Waals surface area contributed by atoms with Crippen LogP contribution >= 0.6 is 11.3 Å². The lowest BCUT2D eigenvalue weighted by atomic mass is 9.97. The molecule has 3 aromatic heterocycles. The molecule has 4 aromatic rings. The number of hydrogen-bond acceptors (Lipinski definition) is 6. The molecule has 0 unspecified atom stereocenters. The Labute approximate surface area is 176 Å². The third kappa shape index (κ3) is 3.63. The minimum atomic E-state index is -0.126. The molecule has 0 aliphatic carbocycles. The highest BCUT2D eigenvalue weighted by atomic mass is 32.1. The largest absolute Gasteiger partial charge is 0.337 e. The molecule has 0 saturated carbocycles. The van der Waals surface area contributed by atoms with Gasteiger partial charge in [-0.2, -0.15) is 5.10 Å². The van der Waals surface area contributed by atoms with Crippen LogP contribution in [0.4, 0.5) is 0 Å². The molecule has 1 aliphatic rings. The minimum Gasteiger partial charge on any atom is -0.337 e. The number of para-hydroxylation sites is 1. The smallest absolute Gasteiger partial charge is 0.282 e. The van der Waals surface area contributed by atoms with Crippen molar-refractivity contribution in [2.45, 2.75) is 19.4 Å². The van der Waals surface area contributed by atoms with Gasteiger partial charge in [0.05, 0.1) is 10.2 Å². The van der Waals surface area contributed by atoms with Gasteiger partial charge in [0.1, 0.15) is 0 Å². The van der Waals surface area contributed by atoms with Crippen LogP contribution in [0.15, 0.2) is 59.7 Å². The number of aromatic nitrogens is 5. The van der Waals surface area contributed by atoms with Gasteiger partial charge >= 0.3 is 0 Å². The Morgan fingerprint density at radius 1 is 1.10 bits per heavy atom. The fourth-order valence-corrected chi connectivity index (χ4v) is 4.69. The number of thiazole rings is 1. The number of piperidine rings is 1. The van der Waals surface area contributed by atoms with Gasteiger partial charge in [0.25, 0.3) is 11.5 Å². The van der Waals surface area contributed by atoms with Gasteiger partial charge in [-0.15, -0.1) is 16.4 Å². The van der Waals surface area contributed by atoms with Crippen molar-refractivity contribution >= 4 is 27.5 Å². The standard InChI is InChI=1S/C21H20N6O2S/c28-19-7-6-18(26-11-3-10-22-26)24-27(19)14-15-8-12-25(13-9-15)21(29)20-23-16-4-1-2-5-17(16)30-20/h1-7,10-11,15H,8-9,12-14H2. The molecule has 0 atom stereocenters. The first-order chi connectivity index (χ1) is 14.7. The highest BCUT2D eigenvalue weighted by molar-refractivity contribution is 7.20. The molecule has 1 fully saturated rings. The summed E-state index contributed by atoms with van der Waals surface area (Å²) in [5.41, 5.74) is 0.738. The molecule has 5 rings (SSSR count). The maximum absolute atomic E-state index is 12.9. The summed E-state index contributed by atoms with van der Waals surface area (Å²) in [5, 5.41) is 9.16. The number of rotatable bonds is 4. The average molecular weight is 420 g/mol. The van der Waals surface area contributed by atoms with E-state index in [9.17, 15) is 9.59 Å². The summed E-state index contributed by atoms with van der Waals surface area (Å²) >= 11 is 1.44. The van der Waals surface area contributed by atoms with Gasteiger partial charge in [-0.05, 0) is 43.0 Å². The summed E-state index contributed by atoms with van der Waals surface area (Å²) in [6.07, 6.45) is 5.13. The molecule has 0 radical (unpaired) electrons. The predicted molar refractivity (Wildman–Crippen MR) is 114 cm³/mol. The number of hydrogen-bond donors (Lipinski definition) is 0. The lowest BCUT2D eigenvalue weighted by molar-refractivity contribution is 0.0680. The summed E-state index contributed by atoms with van der Waals surface area (Å²) in [5.74, 6) is 0.899. The lowest BCUT2D eigenvalue weighted by Gasteiger charge is -2.31. The summed E-state index contributed by atoms with van der Waals surface area (Å²) in [7, 11) is 0. The van der Waals surface area contributed by atoms with E-state index < -0.39 is 0 Å². The molecule has 4 heterocycles. The van der Waals surface area contributed by atoms with E-state index in [1.165, 1.54) is 22.1 Å². The fraction of sp³-hybridized carbons (Fsp3) is 0.286. The van der Waals surface area contributed by atoms with Crippen LogP contribution in [0.2, 0.25) is 0 Å². The molecule has 8 nitrogen and oxygen atoms in total. The van der Waals surface area contributed by atoms with Crippen LogP contribution in [0.3, 0.4) is 0 Å². The Balaban J connectivity index is 1.24. The average Bonchev–Trinajstić information content (AvgIpc) is 3.45. The Kier molecular flexibility index (Phi) is 4.88. The molecule has 1 aliphatic heterocycles. The van der Waals surface area contributed by atoms with Crippen molar-refractivity contribution in [1.29, 1.82) is 0 Å². The molecule has 1 amide bonds. The van der Waals surface area contributed by atoms with E-state index in [1.807, 2.05) is 35.2 Å². The maximum Gasteiger partial charge on any atom is 0.282 e. The zero-order chi connectivity index (χ0) is 20.5. The Morgan fingerprint density at radius 3 is 2.70 bits per heavy atom. The van der Waals surface area contributed by atoms with Crippen LogP contribution in [0.5, 0.6) is 0 Å². The lowest BCUT2D eigenvalue weighted by Crippen LogP contribution is -2.40. The van der Waals surface area contributed by atoms with E-state index in [1.54, 1.807) is 23.1 Å². The highest BCUT2D eigenvalue weighted by Crippen LogP contribution is 2.25. The van der Waals surface area contributed by atoms with Crippen molar-refractivity contribution in [3.8, 4) is 5.82 Å². The van der Waals surface area contributed by atoms with Crippen LogP contribution in [0, 0.1) is 5.92 Å². The SMILES string of the molecule is O=C(c1nc2ccccc2s1)N1CCC(Cn2nc(-n3cccn3)ccc2=O)CC1. The molecule has 30 heavy (non-hydrogen) atoms. The zero-order valence-corrected chi connectivity index (χ0v) is 17.0. The minimum absolute atomic E-state index is 0.00868. The predicted octanol–water partition coefficient (Wildman–Crippen LogP) is 2.59. The molecule has 0 N–H and O–H groups in total. The van der Waals surface area contributed by atoms with Crippen molar-refractivity contribution in [2.24, 2.45) is 5.92 Å². The van der Waals surface area contributed by atoms with Crippen LogP contribution in [0.25, 0.3) is 16.0 Å². The normalized spacial score (nSPS) is 15.0. The second kappa shape index (κ2) is 7.83. The number of benzene rings is 1. The summed E-state index contributed by atoms with van der Waals surface area (Å²) in [6, 6.07) is 12.8. The van der Waals surface area contributed by atoms with Crippen LogP contribution in [-0.4, -0.2) is 48.4 Å². The molecule has 152 valence electrons. The van der Waals surface area contributed by atoms with Crippen molar-refractivity contribution < 1.29 is 4.79 Å². The van der Waals surface area contributed by atoms with Crippen molar-refractivity contribution in [3.63, 3.8) is 0 Å². The number of carbonyl (C=O) groups is 1.